The zero-order valence-corrected chi connectivity index (χ0v) is 16.4. The van der Waals surface area contributed by atoms with Crippen LogP contribution in [-0.4, -0.2) is 18.4 Å². The average Bonchev–Trinajstić information content (AvgIpc) is 2.61. The molecule has 0 saturated carbocycles. The Balaban J connectivity index is 2.33. The Kier molecular flexibility index (Phi) is 6.45. The number of amides is 1. The van der Waals surface area contributed by atoms with Gasteiger partial charge in [0.1, 0.15) is 12.4 Å². The molecule has 0 spiro atoms. The van der Waals surface area contributed by atoms with Crippen LogP contribution in [0, 0.1) is 13.8 Å². The summed E-state index contributed by atoms with van der Waals surface area (Å²) in [6.07, 6.45) is -0.00660. The zero-order valence-electron chi connectivity index (χ0n) is 14.8. The number of halogens is 1. The molecule has 1 N–H and O–H groups in total. The highest BCUT2D eigenvalue weighted by atomic mass is 79.9. The molecule has 0 aliphatic carbocycles. The number of hydrogen-bond donors (Lipinski definition) is 1. The fourth-order valence-corrected chi connectivity index (χ4v) is 2.95. The summed E-state index contributed by atoms with van der Waals surface area (Å²) >= 11 is 3.45. The lowest BCUT2D eigenvalue weighted by molar-refractivity contribution is 0.140. The van der Waals surface area contributed by atoms with Crippen LogP contribution in [0.1, 0.15) is 29.2 Å². The van der Waals surface area contributed by atoms with Crippen LogP contribution in [0.5, 0.6) is 5.75 Å². The summed E-state index contributed by atoms with van der Waals surface area (Å²) in [7, 11) is 1.21. The topological polar surface area (TPSA) is 59.0 Å². The van der Waals surface area contributed by atoms with Crippen molar-refractivity contribution in [3.63, 3.8) is 0 Å². The maximum absolute atomic E-state index is 11.6. The lowest BCUT2D eigenvalue weighted by atomic mass is 10.0. The maximum Gasteiger partial charge on any atom is 0.438 e. The van der Waals surface area contributed by atoms with E-state index in [1.165, 1.54) is 12.7 Å². The molecule has 6 heteroatoms. The second kappa shape index (κ2) is 8.36. The molecule has 0 aromatic heterocycles. The van der Waals surface area contributed by atoms with E-state index in [1.807, 2.05) is 19.1 Å². The fraction of sp³-hybridized carbons (Fsp3) is 0.316. The molecule has 0 aliphatic rings. The van der Waals surface area contributed by atoms with Crippen molar-refractivity contribution in [3.05, 3.63) is 57.1 Å². The van der Waals surface area contributed by atoms with E-state index in [0.717, 1.165) is 27.8 Å². The monoisotopic (exact) mass is 407 g/mol. The number of hydroxylamine groups is 1. The molecule has 0 bridgehead atoms. The van der Waals surface area contributed by atoms with Gasteiger partial charge in [-0.2, -0.15) is 5.06 Å². The molecule has 1 amide bonds. The standard InChI is InChI=1S/C19H22BrNO4/c1-5-14-9-12(2)13(3)10-18(14)25-11-15-16(20)7-6-8-17(15)21(23)19(22)24-4/h6-10,23H,5,11H2,1-4H3. The highest BCUT2D eigenvalue weighted by Crippen LogP contribution is 2.31. The lowest BCUT2D eigenvalue weighted by Gasteiger charge is -2.19. The first-order valence-electron chi connectivity index (χ1n) is 7.96. The Bertz CT molecular complexity index is 776. The molecule has 5 nitrogen and oxygen atoms in total. The first kappa shape index (κ1) is 19.3. The van der Waals surface area contributed by atoms with E-state index < -0.39 is 6.09 Å². The first-order valence-corrected chi connectivity index (χ1v) is 8.75. The van der Waals surface area contributed by atoms with Gasteiger partial charge in [0.05, 0.1) is 12.8 Å². The fourth-order valence-electron chi connectivity index (χ4n) is 2.48. The van der Waals surface area contributed by atoms with E-state index in [4.69, 9.17) is 4.74 Å². The van der Waals surface area contributed by atoms with Crippen molar-refractivity contribution in [1.82, 2.24) is 0 Å². The number of benzene rings is 2. The van der Waals surface area contributed by atoms with Crippen LogP contribution in [0.25, 0.3) is 0 Å². The molecule has 0 aliphatic heterocycles. The number of ether oxygens (including phenoxy) is 2. The van der Waals surface area contributed by atoms with Crippen LogP contribution in [-0.2, 0) is 17.8 Å². The van der Waals surface area contributed by atoms with Gasteiger partial charge >= 0.3 is 6.09 Å². The molecule has 2 rings (SSSR count). The van der Waals surface area contributed by atoms with E-state index in [9.17, 15) is 10.0 Å². The van der Waals surface area contributed by atoms with Gasteiger partial charge in [0.15, 0.2) is 0 Å². The lowest BCUT2D eigenvalue weighted by Crippen LogP contribution is -2.28. The molecule has 0 atom stereocenters. The second-order valence-electron chi connectivity index (χ2n) is 5.71. The number of hydrogen-bond acceptors (Lipinski definition) is 4. The molecular formula is C19H22BrNO4. The van der Waals surface area contributed by atoms with Crippen LogP contribution >= 0.6 is 15.9 Å². The van der Waals surface area contributed by atoms with Gasteiger partial charge in [-0.15, -0.1) is 0 Å². The Morgan fingerprint density at radius 3 is 2.56 bits per heavy atom. The smallest absolute Gasteiger partial charge is 0.438 e. The van der Waals surface area contributed by atoms with Gasteiger partial charge in [0, 0.05) is 10.0 Å². The number of aryl methyl sites for hydroxylation is 3. The molecular weight excluding hydrogens is 386 g/mol. The minimum atomic E-state index is -0.861. The van der Waals surface area contributed by atoms with Gasteiger partial charge in [-0.25, -0.2) is 4.79 Å². The Labute approximate surface area is 156 Å². The summed E-state index contributed by atoms with van der Waals surface area (Å²) in [6.45, 7) is 6.39. The second-order valence-corrected chi connectivity index (χ2v) is 6.56. The van der Waals surface area contributed by atoms with Crippen molar-refractivity contribution < 1.29 is 19.5 Å². The normalized spacial score (nSPS) is 10.5. The number of anilines is 1. The Morgan fingerprint density at radius 1 is 1.24 bits per heavy atom. The van der Waals surface area contributed by atoms with E-state index in [2.05, 4.69) is 40.6 Å². The van der Waals surface area contributed by atoms with Gasteiger partial charge < -0.3 is 9.47 Å². The Morgan fingerprint density at radius 2 is 1.92 bits per heavy atom. The Hall–Kier alpha value is -2.05. The van der Waals surface area contributed by atoms with Crippen molar-refractivity contribution in [2.24, 2.45) is 0 Å². The molecule has 25 heavy (non-hydrogen) atoms. The van der Waals surface area contributed by atoms with Crippen molar-refractivity contribution in [2.45, 2.75) is 33.8 Å². The SMILES string of the molecule is CCc1cc(C)c(C)cc1OCc1c(Br)cccc1N(O)C(=O)OC. The van der Waals surface area contributed by atoms with E-state index in [1.54, 1.807) is 12.1 Å². The van der Waals surface area contributed by atoms with Gasteiger partial charge in [-0.05, 0) is 55.2 Å². The minimum absolute atomic E-state index is 0.195. The molecule has 2 aromatic rings. The molecule has 134 valence electrons. The van der Waals surface area contributed by atoms with E-state index in [0.29, 0.717) is 16.3 Å². The molecule has 0 unspecified atom stereocenters. The van der Waals surface area contributed by atoms with Gasteiger partial charge in [0.25, 0.3) is 0 Å². The summed E-state index contributed by atoms with van der Waals surface area (Å²) in [4.78, 5) is 11.6. The van der Waals surface area contributed by atoms with Crippen LogP contribution in [0.15, 0.2) is 34.8 Å². The van der Waals surface area contributed by atoms with Crippen molar-refractivity contribution in [1.29, 1.82) is 0 Å². The van der Waals surface area contributed by atoms with E-state index >= 15 is 0 Å². The molecule has 0 fully saturated rings. The highest BCUT2D eigenvalue weighted by molar-refractivity contribution is 9.10. The summed E-state index contributed by atoms with van der Waals surface area (Å²) in [6, 6.07) is 9.32. The molecule has 0 saturated heterocycles. The minimum Gasteiger partial charge on any atom is -0.488 e. The van der Waals surface area contributed by atoms with Crippen molar-refractivity contribution in [2.75, 3.05) is 12.2 Å². The number of nitrogens with zero attached hydrogens (tertiary/aromatic N) is 1. The van der Waals surface area contributed by atoms with Crippen LogP contribution in [0.3, 0.4) is 0 Å². The largest absolute Gasteiger partial charge is 0.488 e. The number of rotatable bonds is 5. The van der Waals surface area contributed by atoms with Crippen LogP contribution in [0.2, 0.25) is 0 Å². The van der Waals surface area contributed by atoms with Crippen LogP contribution in [0.4, 0.5) is 10.5 Å². The summed E-state index contributed by atoms with van der Waals surface area (Å²) in [5.41, 5.74) is 4.44. The number of carbonyl (C=O) groups is 1. The predicted molar refractivity (Wildman–Crippen MR) is 100 cm³/mol. The number of carbonyl (C=O) groups excluding carboxylic acids is 1. The average molecular weight is 408 g/mol. The maximum atomic E-state index is 11.6. The summed E-state index contributed by atoms with van der Waals surface area (Å²) in [5, 5.41) is 10.5. The zero-order chi connectivity index (χ0) is 18.6. The van der Waals surface area contributed by atoms with Gasteiger partial charge in [-0.1, -0.05) is 35.0 Å². The van der Waals surface area contributed by atoms with Crippen molar-refractivity contribution in [3.8, 4) is 5.75 Å². The third-order valence-electron chi connectivity index (χ3n) is 4.10. The van der Waals surface area contributed by atoms with Gasteiger partial charge in [0.2, 0.25) is 0 Å². The van der Waals surface area contributed by atoms with E-state index in [-0.39, 0.29) is 6.61 Å². The summed E-state index contributed by atoms with van der Waals surface area (Å²) < 4.78 is 11.3. The van der Waals surface area contributed by atoms with Crippen LogP contribution < -0.4 is 9.80 Å². The highest BCUT2D eigenvalue weighted by Gasteiger charge is 2.19. The van der Waals surface area contributed by atoms with Gasteiger partial charge in [-0.3, -0.25) is 5.21 Å². The molecule has 0 heterocycles. The summed E-state index contributed by atoms with van der Waals surface area (Å²) in [5.74, 6) is 0.801. The quantitative estimate of drug-likeness (QED) is 0.548. The molecule has 0 radical (unpaired) electrons. The first-order chi connectivity index (χ1) is 11.9. The predicted octanol–water partition coefficient (Wildman–Crippen LogP) is 5.17. The third-order valence-corrected chi connectivity index (χ3v) is 4.84. The number of methoxy groups -OCH3 is 1. The third kappa shape index (κ3) is 4.32. The molecule has 2 aromatic carbocycles. The van der Waals surface area contributed by atoms with Crippen molar-refractivity contribution >= 4 is 27.7 Å².